The topological polar surface area (TPSA) is 46.2 Å². The summed E-state index contributed by atoms with van der Waals surface area (Å²) in [5.74, 6) is 0.644. The summed E-state index contributed by atoms with van der Waals surface area (Å²) in [7, 11) is 0. The summed E-state index contributed by atoms with van der Waals surface area (Å²) in [6.45, 7) is 4.21. The number of phenols is 1. The molecule has 3 N–H and O–H groups in total. The first-order valence-corrected chi connectivity index (χ1v) is 5.10. The molecule has 0 saturated heterocycles. The second kappa shape index (κ2) is 3.46. The summed E-state index contributed by atoms with van der Waals surface area (Å²) < 4.78 is 0. The molecule has 0 unspecified atom stereocenters. The number of phenolic OH excluding ortho intramolecular Hbond substituents is 1. The summed E-state index contributed by atoms with van der Waals surface area (Å²) in [6, 6.07) is 9.30. The van der Waals surface area contributed by atoms with Gasteiger partial charge in [0.1, 0.15) is 5.75 Å². The number of hydrogen-bond donors (Lipinski definition) is 2. The second-order valence-corrected chi connectivity index (χ2v) is 4.13. The maximum atomic E-state index is 9.49. The second-order valence-electron chi connectivity index (χ2n) is 4.13. The van der Waals surface area contributed by atoms with Gasteiger partial charge < -0.3 is 10.8 Å². The molecule has 78 valence electrons. The Labute approximate surface area is 89.3 Å². The van der Waals surface area contributed by atoms with Crippen LogP contribution in [0.3, 0.4) is 0 Å². The molecule has 0 fully saturated rings. The van der Waals surface area contributed by atoms with Gasteiger partial charge in [0.25, 0.3) is 0 Å². The van der Waals surface area contributed by atoms with Gasteiger partial charge in [0.2, 0.25) is 0 Å². The smallest absolute Gasteiger partial charge is 0.116 e. The van der Waals surface area contributed by atoms with Crippen LogP contribution in [0.5, 0.6) is 5.75 Å². The predicted octanol–water partition coefficient (Wildman–Crippen LogP) is 3.25. The third-order valence-corrected chi connectivity index (χ3v) is 2.66. The molecule has 0 aliphatic carbocycles. The van der Waals surface area contributed by atoms with Gasteiger partial charge in [-0.15, -0.1) is 0 Å². The standard InChI is InChI=1S/C13H15NO/c1-8(2)13-11-7-10(15)5-3-9(11)4-6-12(13)14/h3-8,15H,14H2,1-2H3. The lowest BCUT2D eigenvalue weighted by atomic mass is 9.94. The van der Waals surface area contributed by atoms with Gasteiger partial charge in [-0.2, -0.15) is 0 Å². The van der Waals surface area contributed by atoms with Gasteiger partial charge in [-0.1, -0.05) is 26.0 Å². The van der Waals surface area contributed by atoms with Gasteiger partial charge >= 0.3 is 0 Å². The maximum Gasteiger partial charge on any atom is 0.116 e. The van der Waals surface area contributed by atoms with Crippen LogP contribution >= 0.6 is 0 Å². The van der Waals surface area contributed by atoms with E-state index in [-0.39, 0.29) is 5.75 Å². The molecule has 2 aromatic carbocycles. The van der Waals surface area contributed by atoms with Crippen molar-refractivity contribution in [3.05, 3.63) is 35.9 Å². The third-order valence-electron chi connectivity index (χ3n) is 2.66. The van der Waals surface area contributed by atoms with Crippen molar-refractivity contribution in [3.63, 3.8) is 0 Å². The average Bonchev–Trinajstić information content (AvgIpc) is 2.16. The van der Waals surface area contributed by atoms with E-state index in [1.54, 1.807) is 12.1 Å². The number of nitrogens with two attached hydrogens (primary N) is 1. The first-order chi connectivity index (χ1) is 7.09. The highest BCUT2D eigenvalue weighted by atomic mass is 16.3. The Kier molecular flexibility index (Phi) is 2.27. The minimum Gasteiger partial charge on any atom is -0.508 e. The van der Waals surface area contributed by atoms with E-state index < -0.39 is 0 Å². The molecule has 0 radical (unpaired) electrons. The molecule has 0 bridgehead atoms. The van der Waals surface area contributed by atoms with E-state index in [9.17, 15) is 5.11 Å². The molecular formula is C13H15NO. The van der Waals surface area contributed by atoms with Gasteiger partial charge in [-0.25, -0.2) is 0 Å². The van der Waals surface area contributed by atoms with Crippen LogP contribution in [0.4, 0.5) is 5.69 Å². The lowest BCUT2D eigenvalue weighted by molar-refractivity contribution is 0.476. The molecule has 2 rings (SSSR count). The van der Waals surface area contributed by atoms with E-state index in [1.807, 2.05) is 18.2 Å². The van der Waals surface area contributed by atoms with Crippen molar-refractivity contribution in [1.29, 1.82) is 0 Å². The Balaban J connectivity index is 2.84. The number of benzene rings is 2. The molecule has 2 aromatic rings. The molecule has 2 heteroatoms. The van der Waals surface area contributed by atoms with Gasteiger partial charge in [0.05, 0.1) is 0 Å². The highest BCUT2D eigenvalue weighted by molar-refractivity contribution is 5.91. The average molecular weight is 201 g/mol. The molecular weight excluding hydrogens is 186 g/mol. The van der Waals surface area contributed by atoms with Crippen LogP contribution < -0.4 is 5.73 Å². The summed E-state index contributed by atoms with van der Waals surface area (Å²) >= 11 is 0. The Hall–Kier alpha value is -1.70. The number of anilines is 1. The van der Waals surface area contributed by atoms with E-state index in [1.165, 1.54) is 0 Å². The Morgan fingerprint density at radius 2 is 1.80 bits per heavy atom. The van der Waals surface area contributed by atoms with Gasteiger partial charge in [-0.05, 0) is 40.5 Å². The fourth-order valence-electron chi connectivity index (χ4n) is 1.99. The Morgan fingerprint density at radius 3 is 2.47 bits per heavy atom. The lowest BCUT2D eigenvalue weighted by Gasteiger charge is -2.13. The normalized spacial score (nSPS) is 11.1. The largest absolute Gasteiger partial charge is 0.508 e. The van der Waals surface area contributed by atoms with E-state index >= 15 is 0 Å². The predicted molar refractivity (Wildman–Crippen MR) is 64.1 cm³/mol. The van der Waals surface area contributed by atoms with Gasteiger partial charge in [0.15, 0.2) is 0 Å². The molecule has 15 heavy (non-hydrogen) atoms. The zero-order valence-electron chi connectivity index (χ0n) is 8.99. The molecule has 0 atom stereocenters. The number of rotatable bonds is 1. The van der Waals surface area contributed by atoms with Gasteiger partial charge in [-0.3, -0.25) is 0 Å². The zero-order valence-corrected chi connectivity index (χ0v) is 8.99. The lowest BCUT2D eigenvalue weighted by Crippen LogP contribution is -1.97. The highest BCUT2D eigenvalue weighted by Gasteiger charge is 2.09. The fourth-order valence-corrected chi connectivity index (χ4v) is 1.99. The number of fused-ring (bicyclic) bond motifs is 1. The summed E-state index contributed by atoms with van der Waals surface area (Å²) in [4.78, 5) is 0. The third kappa shape index (κ3) is 1.63. The molecule has 0 spiro atoms. The minimum atomic E-state index is 0.287. The maximum absolute atomic E-state index is 9.49. The van der Waals surface area contributed by atoms with Crippen LogP contribution in [-0.2, 0) is 0 Å². The van der Waals surface area contributed by atoms with Crippen molar-refractivity contribution in [3.8, 4) is 5.75 Å². The molecule has 0 aliphatic rings. The highest BCUT2D eigenvalue weighted by Crippen LogP contribution is 2.32. The van der Waals surface area contributed by atoms with Crippen LogP contribution in [0.25, 0.3) is 10.8 Å². The molecule has 0 amide bonds. The van der Waals surface area contributed by atoms with Crippen LogP contribution in [-0.4, -0.2) is 5.11 Å². The minimum absolute atomic E-state index is 0.287. The monoisotopic (exact) mass is 201 g/mol. The quantitative estimate of drug-likeness (QED) is 0.696. The van der Waals surface area contributed by atoms with Crippen LogP contribution in [0.2, 0.25) is 0 Å². The molecule has 0 heterocycles. The van der Waals surface area contributed by atoms with E-state index in [0.717, 1.165) is 22.0 Å². The molecule has 0 aliphatic heterocycles. The fraction of sp³-hybridized carbons (Fsp3) is 0.231. The van der Waals surface area contributed by atoms with Crippen LogP contribution in [0, 0.1) is 0 Å². The van der Waals surface area contributed by atoms with Crippen molar-refractivity contribution in [2.45, 2.75) is 19.8 Å². The summed E-state index contributed by atoms with van der Waals surface area (Å²) in [6.07, 6.45) is 0. The van der Waals surface area contributed by atoms with Crippen molar-refractivity contribution < 1.29 is 5.11 Å². The van der Waals surface area contributed by atoms with Crippen molar-refractivity contribution in [2.24, 2.45) is 0 Å². The van der Waals surface area contributed by atoms with Crippen molar-refractivity contribution in [2.75, 3.05) is 5.73 Å². The van der Waals surface area contributed by atoms with Gasteiger partial charge in [0, 0.05) is 5.69 Å². The first kappa shape index (κ1) is 9.84. The Morgan fingerprint density at radius 1 is 1.13 bits per heavy atom. The van der Waals surface area contributed by atoms with Crippen LogP contribution in [0.1, 0.15) is 25.3 Å². The molecule has 0 aromatic heterocycles. The number of aromatic hydroxyl groups is 1. The van der Waals surface area contributed by atoms with E-state index in [2.05, 4.69) is 13.8 Å². The van der Waals surface area contributed by atoms with E-state index in [0.29, 0.717) is 5.92 Å². The van der Waals surface area contributed by atoms with E-state index in [4.69, 9.17) is 5.73 Å². The van der Waals surface area contributed by atoms with Crippen molar-refractivity contribution in [1.82, 2.24) is 0 Å². The molecule has 0 saturated carbocycles. The summed E-state index contributed by atoms with van der Waals surface area (Å²) in [5, 5.41) is 11.6. The Bertz CT molecular complexity index is 498. The number of hydrogen-bond acceptors (Lipinski definition) is 2. The van der Waals surface area contributed by atoms with Crippen LogP contribution in [0.15, 0.2) is 30.3 Å². The zero-order chi connectivity index (χ0) is 11.0. The van der Waals surface area contributed by atoms with Crippen molar-refractivity contribution >= 4 is 16.5 Å². The SMILES string of the molecule is CC(C)c1c(N)ccc2ccc(O)cc12. The molecule has 2 nitrogen and oxygen atoms in total. The first-order valence-electron chi connectivity index (χ1n) is 5.10. The summed E-state index contributed by atoms with van der Waals surface area (Å²) in [5.41, 5.74) is 7.86. The number of nitrogen functional groups attached to an aromatic ring is 1.